The van der Waals surface area contributed by atoms with Crippen molar-refractivity contribution < 1.29 is 4.79 Å². The molecule has 0 unspecified atom stereocenters. The first-order valence-electron chi connectivity index (χ1n) is 8.50. The summed E-state index contributed by atoms with van der Waals surface area (Å²) in [6.07, 6.45) is 2.95. The van der Waals surface area contributed by atoms with Crippen LogP contribution in [0.15, 0.2) is 36.5 Å². The largest absolute Gasteiger partial charge is 0.294 e. The summed E-state index contributed by atoms with van der Waals surface area (Å²) in [4.78, 5) is 21.6. The molecule has 0 saturated carbocycles. The molecule has 2 aromatic heterocycles. The number of hydrogen-bond acceptors (Lipinski definition) is 4. The Bertz CT molecular complexity index is 953. The van der Waals surface area contributed by atoms with Crippen LogP contribution in [0.25, 0.3) is 5.95 Å². The van der Waals surface area contributed by atoms with Crippen LogP contribution < -0.4 is 0 Å². The van der Waals surface area contributed by atoms with Crippen molar-refractivity contribution in [3.63, 3.8) is 0 Å². The number of nitrogens with zero attached hydrogens (tertiary/aromatic N) is 4. The van der Waals surface area contributed by atoms with Crippen LogP contribution in [-0.4, -0.2) is 25.5 Å². The minimum absolute atomic E-state index is 0.142. The zero-order valence-corrected chi connectivity index (χ0v) is 14.7. The molecule has 5 heteroatoms. The van der Waals surface area contributed by atoms with Crippen LogP contribution in [0.3, 0.4) is 0 Å². The fourth-order valence-corrected chi connectivity index (χ4v) is 3.58. The van der Waals surface area contributed by atoms with E-state index in [1.807, 2.05) is 19.9 Å². The molecule has 1 atom stereocenters. The number of aryl methyl sites for hydroxylation is 3. The number of ketones is 1. The zero-order valence-electron chi connectivity index (χ0n) is 14.7. The summed E-state index contributed by atoms with van der Waals surface area (Å²) in [7, 11) is 0. The third-order valence-corrected chi connectivity index (χ3v) is 4.71. The number of rotatable bonds is 2. The number of carbonyl (C=O) groups excluding carboxylic acids is 1. The van der Waals surface area contributed by atoms with Gasteiger partial charge < -0.3 is 0 Å². The molecule has 1 aromatic carbocycles. The van der Waals surface area contributed by atoms with Gasteiger partial charge in [0.2, 0.25) is 0 Å². The van der Waals surface area contributed by atoms with Gasteiger partial charge in [-0.2, -0.15) is 5.10 Å². The highest BCUT2D eigenvalue weighted by Crippen LogP contribution is 2.33. The number of carbonyl (C=O) groups is 1. The lowest BCUT2D eigenvalue weighted by Crippen LogP contribution is -2.21. The summed E-state index contributed by atoms with van der Waals surface area (Å²) in [5.74, 6) is 0.848. The Hall–Kier alpha value is -2.82. The number of hydrogen-bond donors (Lipinski definition) is 0. The Morgan fingerprint density at radius 1 is 1.04 bits per heavy atom. The monoisotopic (exact) mass is 332 g/mol. The molecule has 1 aliphatic rings. The van der Waals surface area contributed by atoms with Crippen molar-refractivity contribution in [1.82, 2.24) is 19.7 Å². The Labute approximate surface area is 146 Å². The van der Waals surface area contributed by atoms with Crippen molar-refractivity contribution in [1.29, 1.82) is 0 Å². The van der Waals surface area contributed by atoms with Crippen molar-refractivity contribution in [3.05, 3.63) is 70.3 Å². The molecular weight excluding hydrogens is 312 g/mol. The van der Waals surface area contributed by atoms with Gasteiger partial charge in [0.15, 0.2) is 5.78 Å². The molecule has 3 aromatic rings. The maximum absolute atomic E-state index is 12.6. The summed E-state index contributed by atoms with van der Waals surface area (Å²) in [5.41, 5.74) is 5.81. The fourth-order valence-electron chi connectivity index (χ4n) is 3.58. The van der Waals surface area contributed by atoms with Crippen molar-refractivity contribution >= 4 is 5.78 Å². The minimum Gasteiger partial charge on any atom is -0.294 e. The van der Waals surface area contributed by atoms with E-state index >= 15 is 0 Å². The molecule has 126 valence electrons. The van der Waals surface area contributed by atoms with Crippen molar-refractivity contribution in [2.75, 3.05) is 0 Å². The lowest BCUT2D eigenvalue weighted by atomic mass is 9.82. The van der Waals surface area contributed by atoms with E-state index < -0.39 is 0 Å². The topological polar surface area (TPSA) is 60.7 Å². The predicted molar refractivity (Wildman–Crippen MR) is 95.2 cm³/mol. The van der Waals surface area contributed by atoms with E-state index in [0.717, 1.165) is 23.5 Å². The summed E-state index contributed by atoms with van der Waals surface area (Å²) < 4.78 is 1.73. The average molecular weight is 332 g/mol. The van der Waals surface area contributed by atoms with E-state index in [0.29, 0.717) is 17.9 Å². The normalized spacial score (nSPS) is 16.8. The lowest BCUT2D eigenvalue weighted by molar-refractivity contribution is 0.0963. The standard InChI is InChI=1S/C20H20N4O/c1-12-5-4-6-15(7-12)16-9-18-17(19(25)10-16)11-21-24(18)20-22-13(2)8-14(3)23-20/h4-8,11,16H,9-10H2,1-3H3/t16-/m1/s1. The highest BCUT2D eigenvalue weighted by molar-refractivity contribution is 5.98. The van der Waals surface area contributed by atoms with Gasteiger partial charge in [0.25, 0.3) is 5.95 Å². The van der Waals surface area contributed by atoms with Crippen LogP contribution in [0, 0.1) is 20.8 Å². The van der Waals surface area contributed by atoms with Crippen LogP contribution in [0.1, 0.15) is 50.9 Å². The van der Waals surface area contributed by atoms with E-state index in [-0.39, 0.29) is 11.7 Å². The van der Waals surface area contributed by atoms with E-state index in [1.165, 1.54) is 11.1 Å². The second kappa shape index (κ2) is 5.92. The highest BCUT2D eigenvalue weighted by Gasteiger charge is 2.30. The first kappa shape index (κ1) is 15.7. The van der Waals surface area contributed by atoms with Gasteiger partial charge in [-0.05, 0) is 44.7 Å². The van der Waals surface area contributed by atoms with E-state index in [9.17, 15) is 4.79 Å². The maximum atomic E-state index is 12.6. The van der Waals surface area contributed by atoms with E-state index in [2.05, 4.69) is 46.3 Å². The van der Waals surface area contributed by atoms with Crippen molar-refractivity contribution in [3.8, 4) is 5.95 Å². The van der Waals surface area contributed by atoms with E-state index in [1.54, 1.807) is 10.9 Å². The SMILES string of the molecule is Cc1cccc([C@H]2CC(=O)c3cnn(-c4nc(C)cc(C)n4)c3C2)c1. The molecule has 25 heavy (non-hydrogen) atoms. The molecule has 0 radical (unpaired) electrons. The molecule has 0 fully saturated rings. The van der Waals surface area contributed by atoms with Crippen LogP contribution in [0.2, 0.25) is 0 Å². The van der Waals surface area contributed by atoms with Crippen LogP contribution in [0.4, 0.5) is 0 Å². The van der Waals surface area contributed by atoms with Gasteiger partial charge in [-0.25, -0.2) is 14.6 Å². The predicted octanol–water partition coefficient (Wildman–Crippen LogP) is 3.50. The highest BCUT2D eigenvalue weighted by atomic mass is 16.1. The Morgan fingerprint density at radius 2 is 1.80 bits per heavy atom. The lowest BCUT2D eigenvalue weighted by Gasteiger charge is -2.23. The Kier molecular flexibility index (Phi) is 3.71. The number of Topliss-reactive ketones (excluding diaryl/α,β-unsaturated/α-hetero) is 1. The summed E-state index contributed by atoms with van der Waals surface area (Å²) in [6.45, 7) is 5.96. The van der Waals surface area contributed by atoms with Gasteiger partial charge in [0.1, 0.15) is 0 Å². The zero-order chi connectivity index (χ0) is 17.6. The molecular formula is C20H20N4O. The van der Waals surface area contributed by atoms with Gasteiger partial charge >= 0.3 is 0 Å². The molecule has 2 heterocycles. The average Bonchev–Trinajstić information content (AvgIpc) is 2.98. The molecule has 0 amide bonds. The molecule has 5 nitrogen and oxygen atoms in total. The number of benzene rings is 1. The van der Waals surface area contributed by atoms with Gasteiger partial charge in [-0.1, -0.05) is 29.8 Å². The molecule has 0 bridgehead atoms. The number of fused-ring (bicyclic) bond motifs is 1. The first-order valence-corrected chi connectivity index (χ1v) is 8.50. The van der Waals surface area contributed by atoms with Gasteiger partial charge in [0, 0.05) is 17.8 Å². The van der Waals surface area contributed by atoms with E-state index in [4.69, 9.17) is 0 Å². The van der Waals surface area contributed by atoms with Crippen molar-refractivity contribution in [2.45, 2.75) is 39.5 Å². The minimum atomic E-state index is 0.142. The van der Waals surface area contributed by atoms with Crippen LogP contribution in [0.5, 0.6) is 0 Å². The van der Waals surface area contributed by atoms with Gasteiger partial charge in [-0.3, -0.25) is 4.79 Å². The van der Waals surface area contributed by atoms with Crippen molar-refractivity contribution in [2.24, 2.45) is 0 Å². The van der Waals surface area contributed by atoms with Crippen LogP contribution >= 0.6 is 0 Å². The fraction of sp³-hybridized carbons (Fsp3) is 0.300. The summed E-state index contributed by atoms with van der Waals surface area (Å²) in [6, 6.07) is 10.3. The molecule has 0 aliphatic heterocycles. The molecule has 4 rings (SSSR count). The number of aromatic nitrogens is 4. The molecule has 1 aliphatic carbocycles. The molecule has 0 N–H and O–H groups in total. The second-order valence-corrected chi connectivity index (χ2v) is 6.81. The van der Waals surface area contributed by atoms with Gasteiger partial charge in [0.05, 0.1) is 17.5 Å². The smallest absolute Gasteiger partial charge is 0.251 e. The maximum Gasteiger partial charge on any atom is 0.251 e. The van der Waals surface area contributed by atoms with Crippen LogP contribution in [-0.2, 0) is 6.42 Å². The first-order chi connectivity index (χ1) is 12.0. The quantitative estimate of drug-likeness (QED) is 0.720. The third kappa shape index (κ3) is 2.86. The molecule has 0 saturated heterocycles. The van der Waals surface area contributed by atoms with Gasteiger partial charge in [-0.15, -0.1) is 0 Å². The molecule has 0 spiro atoms. The third-order valence-electron chi connectivity index (χ3n) is 4.71. The Morgan fingerprint density at radius 3 is 2.52 bits per heavy atom. The summed E-state index contributed by atoms with van der Waals surface area (Å²) >= 11 is 0. The second-order valence-electron chi connectivity index (χ2n) is 6.81. The Balaban J connectivity index is 1.77. The summed E-state index contributed by atoms with van der Waals surface area (Å²) in [5, 5.41) is 4.42.